The number of rotatable bonds is 8. The lowest BCUT2D eigenvalue weighted by molar-refractivity contribution is -0.229. The van der Waals surface area contributed by atoms with Gasteiger partial charge in [0.25, 0.3) is 5.91 Å². The zero-order valence-electron chi connectivity index (χ0n) is 23.2. The van der Waals surface area contributed by atoms with Crippen molar-refractivity contribution in [3.8, 4) is 0 Å². The molecule has 18 heteroatoms. The van der Waals surface area contributed by atoms with Gasteiger partial charge >= 0.3 is 29.9 Å². The molecule has 0 spiro atoms. The minimum Gasteiger partial charge on any atom is -0.463 e. The molecule has 0 aliphatic carbocycles. The average Bonchev–Trinajstić information content (AvgIpc) is 3.28. The van der Waals surface area contributed by atoms with Gasteiger partial charge in [0.05, 0.1) is 6.54 Å². The molecule has 2 heterocycles. The van der Waals surface area contributed by atoms with Crippen LogP contribution in [-0.2, 0) is 54.2 Å². The monoisotopic (exact) mass is 624 g/mol. The molecular weight excluding hydrogens is 599 g/mol. The molecule has 43 heavy (non-hydrogen) atoms. The average molecular weight is 624 g/mol. The molecule has 0 radical (unpaired) electrons. The molecule has 0 saturated carbocycles. The van der Waals surface area contributed by atoms with Crippen LogP contribution >= 0.6 is 0 Å². The van der Waals surface area contributed by atoms with E-state index in [1.165, 1.54) is 0 Å². The maximum Gasteiger partial charge on any atom is 0.332 e. The maximum atomic E-state index is 14.6. The van der Waals surface area contributed by atoms with Gasteiger partial charge in [-0.3, -0.25) is 33.8 Å². The SMILES string of the molecule is CC(=O)OC[C@H]1O[C@@H](N2C(=O)N(Cc3c(F)c(F)c(F)c(F)c3F)C(=O)C(C)(OC(C)=O)C2OC(C)=O)C[C@@H]1OC(C)=O. The minimum absolute atomic E-state index is 0.00477. The predicted molar refractivity (Wildman–Crippen MR) is 125 cm³/mol. The number of carbonyl (C=O) groups excluding carboxylic acids is 6. The van der Waals surface area contributed by atoms with Crippen molar-refractivity contribution in [3.05, 3.63) is 34.6 Å². The van der Waals surface area contributed by atoms with Crippen LogP contribution in [0, 0.1) is 29.1 Å². The van der Waals surface area contributed by atoms with Crippen molar-refractivity contribution in [1.29, 1.82) is 0 Å². The molecule has 0 bridgehead atoms. The van der Waals surface area contributed by atoms with Gasteiger partial charge in [-0.1, -0.05) is 0 Å². The third kappa shape index (κ3) is 6.52. The van der Waals surface area contributed by atoms with Crippen molar-refractivity contribution >= 4 is 35.8 Å². The van der Waals surface area contributed by atoms with E-state index < -0.39 is 120 Å². The van der Waals surface area contributed by atoms with Crippen molar-refractivity contribution in [2.24, 2.45) is 0 Å². The Kier molecular flexibility index (Phi) is 9.63. The van der Waals surface area contributed by atoms with Gasteiger partial charge in [0.1, 0.15) is 25.0 Å². The van der Waals surface area contributed by atoms with Gasteiger partial charge in [-0.15, -0.1) is 0 Å². The number of hydrogen-bond donors (Lipinski definition) is 0. The molecule has 2 aliphatic heterocycles. The van der Waals surface area contributed by atoms with E-state index in [1.807, 2.05) is 0 Å². The van der Waals surface area contributed by atoms with Crippen molar-refractivity contribution < 1.29 is 74.4 Å². The zero-order chi connectivity index (χ0) is 32.5. The molecule has 1 aromatic carbocycles. The highest BCUT2D eigenvalue weighted by Gasteiger charge is 2.62. The molecule has 2 unspecified atom stereocenters. The van der Waals surface area contributed by atoms with Crippen molar-refractivity contribution in [2.45, 2.75) is 77.8 Å². The highest BCUT2D eigenvalue weighted by atomic mass is 19.2. The predicted octanol–water partition coefficient (Wildman–Crippen LogP) is 1.97. The van der Waals surface area contributed by atoms with Crippen LogP contribution in [0.2, 0.25) is 0 Å². The lowest BCUT2D eigenvalue weighted by atomic mass is 9.96. The number of carbonyl (C=O) groups is 6. The number of benzene rings is 1. The summed E-state index contributed by atoms with van der Waals surface area (Å²) in [5.41, 5.74) is -4.27. The summed E-state index contributed by atoms with van der Waals surface area (Å²) in [4.78, 5) is 75.1. The van der Waals surface area contributed by atoms with Crippen LogP contribution in [0.3, 0.4) is 0 Å². The van der Waals surface area contributed by atoms with Crippen LogP contribution in [0.4, 0.5) is 26.7 Å². The van der Waals surface area contributed by atoms with Crippen LogP contribution in [-0.4, -0.2) is 82.5 Å². The summed E-state index contributed by atoms with van der Waals surface area (Å²) in [6, 6.07) is -1.55. The van der Waals surface area contributed by atoms with Gasteiger partial charge in [0, 0.05) is 39.7 Å². The van der Waals surface area contributed by atoms with Crippen molar-refractivity contribution in [2.75, 3.05) is 6.61 Å². The second-order valence-corrected chi connectivity index (χ2v) is 9.61. The first-order valence-electron chi connectivity index (χ1n) is 12.4. The summed E-state index contributed by atoms with van der Waals surface area (Å²) in [5, 5.41) is 0. The van der Waals surface area contributed by atoms with Gasteiger partial charge in [-0.2, -0.15) is 0 Å². The smallest absolute Gasteiger partial charge is 0.332 e. The number of urea groups is 1. The van der Waals surface area contributed by atoms with E-state index in [-0.39, 0.29) is 4.90 Å². The largest absolute Gasteiger partial charge is 0.463 e. The third-order valence-corrected chi connectivity index (χ3v) is 6.35. The first kappa shape index (κ1) is 33.2. The molecule has 5 atom stereocenters. The zero-order valence-corrected chi connectivity index (χ0v) is 23.2. The summed E-state index contributed by atoms with van der Waals surface area (Å²) in [5.74, 6) is -17.4. The van der Waals surface area contributed by atoms with Gasteiger partial charge in [0.2, 0.25) is 17.6 Å². The molecule has 3 amide bonds. The van der Waals surface area contributed by atoms with Gasteiger partial charge in [-0.05, 0) is 6.92 Å². The molecule has 3 rings (SSSR count). The Bertz CT molecular complexity index is 1350. The lowest BCUT2D eigenvalue weighted by Gasteiger charge is -2.49. The van der Waals surface area contributed by atoms with Gasteiger partial charge in [-0.25, -0.2) is 26.7 Å². The van der Waals surface area contributed by atoms with Crippen molar-refractivity contribution in [3.63, 3.8) is 0 Å². The van der Waals surface area contributed by atoms with E-state index in [0.29, 0.717) is 4.90 Å². The van der Waals surface area contributed by atoms with Crippen LogP contribution in [0.15, 0.2) is 0 Å². The van der Waals surface area contributed by atoms with Crippen LogP contribution in [0.1, 0.15) is 46.6 Å². The second-order valence-electron chi connectivity index (χ2n) is 9.61. The Hall–Kier alpha value is -4.35. The molecule has 13 nitrogen and oxygen atoms in total. The molecule has 0 aromatic heterocycles. The summed E-state index contributed by atoms with van der Waals surface area (Å²) in [6.45, 7) is 2.57. The standard InChI is InChI=1S/C25H25F5N2O11/c1-9(33)39-8-15-14(40-10(2)34)6-16(42-15)32-23(41-11(3)35)25(5,43-12(4)36)22(37)31(24(32)38)7-13-17(26)19(28)21(30)20(29)18(13)27/h14-16,23H,6-8H2,1-5H3/t14-,15+,16+,23?,25?/m0/s1. The lowest BCUT2D eigenvalue weighted by Crippen LogP contribution is -2.73. The summed E-state index contributed by atoms with van der Waals surface area (Å²) in [6.07, 6.45) is -6.66. The van der Waals surface area contributed by atoms with E-state index in [0.717, 1.165) is 34.6 Å². The Labute approximate surface area is 239 Å². The van der Waals surface area contributed by atoms with Crippen LogP contribution in [0.25, 0.3) is 0 Å². The van der Waals surface area contributed by atoms with E-state index >= 15 is 0 Å². The molecule has 2 aliphatic rings. The fraction of sp³-hybridized carbons (Fsp3) is 0.520. The number of amides is 3. The minimum atomic E-state index is -2.68. The molecular formula is C25H25F5N2O11. The highest BCUT2D eigenvalue weighted by molar-refractivity contribution is 6.03. The molecule has 2 saturated heterocycles. The number of imide groups is 1. The Balaban J connectivity index is 2.16. The summed E-state index contributed by atoms with van der Waals surface area (Å²) in [7, 11) is 0. The Morgan fingerprint density at radius 2 is 1.37 bits per heavy atom. The molecule has 1 aromatic rings. The van der Waals surface area contributed by atoms with Gasteiger partial charge < -0.3 is 23.7 Å². The van der Waals surface area contributed by atoms with Gasteiger partial charge in [0.15, 0.2) is 23.3 Å². The fourth-order valence-corrected chi connectivity index (χ4v) is 4.60. The fourth-order valence-electron chi connectivity index (χ4n) is 4.60. The van der Waals surface area contributed by atoms with E-state index in [1.54, 1.807) is 0 Å². The van der Waals surface area contributed by atoms with E-state index in [9.17, 15) is 50.7 Å². The molecule has 0 N–H and O–H groups in total. The second kappa shape index (κ2) is 12.5. The summed E-state index contributed by atoms with van der Waals surface area (Å²) >= 11 is 0. The maximum absolute atomic E-state index is 14.6. The number of esters is 4. The molecule has 236 valence electrons. The number of hydrogen-bond acceptors (Lipinski definition) is 11. The first-order chi connectivity index (χ1) is 19.9. The van der Waals surface area contributed by atoms with E-state index in [2.05, 4.69) is 0 Å². The number of ether oxygens (including phenoxy) is 5. The Morgan fingerprint density at radius 3 is 1.86 bits per heavy atom. The number of halogens is 5. The van der Waals surface area contributed by atoms with Crippen LogP contribution in [0.5, 0.6) is 0 Å². The molecule has 2 fully saturated rings. The summed E-state index contributed by atoms with van der Waals surface area (Å²) < 4.78 is 96.8. The van der Waals surface area contributed by atoms with E-state index in [4.69, 9.17) is 23.7 Å². The quantitative estimate of drug-likeness (QED) is 0.137. The normalized spacial score (nSPS) is 25.4. The highest BCUT2D eigenvalue weighted by Crippen LogP contribution is 2.38. The van der Waals surface area contributed by atoms with Crippen molar-refractivity contribution in [1.82, 2.24) is 9.80 Å². The van der Waals surface area contributed by atoms with Crippen LogP contribution < -0.4 is 0 Å². The third-order valence-electron chi connectivity index (χ3n) is 6.35. The topological polar surface area (TPSA) is 155 Å². The number of nitrogens with zero attached hydrogens (tertiary/aromatic N) is 2. The first-order valence-corrected chi connectivity index (χ1v) is 12.4. The Morgan fingerprint density at radius 1 is 0.837 bits per heavy atom.